The van der Waals surface area contributed by atoms with E-state index < -0.39 is 0 Å². The van der Waals surface area contributed by atoms with Gasteiger partial charge in [0.1, 0.15) is 0 Å². The lowest BCUT2D eigenvalue weighted by Gasteiger charge is -2.08. The SMILES string of the molecule is CCN(C)Cc1nc(-c2ccc(Cl)cc2)no1. The van der Waals surface area contributed by atoms with Crippen molar-refractivity contribution in [3.8, 4) is 11.4 Å². The Bertz CT molecular complexity index is 481. The highest BCUT2D eigenvalue weighted by Gasteiger charge is 2.09. The lowest BCUT2D eigenvalue weighted by atomic mass is 10.2. The highest BCUT2D eigenvalue weighted by atomic mass is 35.5. The van der Waals surface area contributed by atoms with Crippen LogP contribution in [0.25, 0.3) is 11.4 Å². The Kier molecular flexibility index (Phi) is 3.76. The molecule has 17 heavy (non-hydrogen) atoms. The van der Waals surface area contributed by atoms with E-state index in [1.807, 2.05) is 31.3 Å². The van der Waals surface area contributed by atoms with Crippen LogP contribution in [0.5, 0.6) is 0 Å². The molecule has 0 bridgehead atoms. The van der Waals surface area contributed by atoms with Gasteiger partial charge in [-0.25, -0.2) is 0 Å². The molecular weight excluding hydrogens is 238 g/mol. The van der Waals surface area contributed by atoms with Crippen molar-refractivity contribution in [1.82, 2.24) is 15.0 Å². The van der Waals surface area contributed by atoms with Crippen molar-refractivity contribution in [3.63, 3.8) is 0 Å². The van der Waals surface area contributed by atoms with E-state index in [1.165, 1.54) is 0 Å². The molecule has 1 aromatic carbocycles. The topological polar surface area (TPSA) is 42.2 Å². The zero-order valence-corrected chi connectivity index (χ0v) is 10.6. The quantitative estimate of drug-likeness (QED) is 0.838. The summed E-state index contributed by atoms with van der Waals surface area (Å²) in [5.41, 5.74) is 0.906. The van der Waals surface area contributed by atoms with Crippen LogP contribution in [0.4, 0.5) is 0 Å². The normalized spacial score (nSPS) is 11.1. The Hall–Kier alpha value is -1.39. The lowest BCUT2D eigenvalue weighted by molar-refractivity contribution is 0.276. The lowest BCUT2D eigenvalue weighted by Crippen LogP contribution is -2.16. The minimum atomic E-state index is 0.598. The van der Waals surface area contributed by atoms with Crippen LogP contribution in [0.2, 0.25) is 5.02 Å². The zero-order valence-electron chi connectivity index (χ0n) is 9.85. The van der Waals surface area contributed by atoms with E-state index in [9.17, 15) is 0 Å². The maximum absolute atomic E-state index is 5.82. The minimum absolute atomic E-state index is 0.598. The molecular formula is C12H14ClN3O. The maximum Gasteiger partial charge on any atom is 0.241 e. The largest absolute Gasteiger partial charge is 0.338 e. The van der Waals surface area contributed by atoms with E-state index in [-0.39, 0.29) is 0 Å². The molecule has 0 aliphatic rings. The number of hydrogen-bond donors (Lipinski definition) is 0. The summed E-state index contributed by atoms with van der Waals surface area (Å²) >= 11 is 5.82. The fourth-order valence-corrected chi connectivity index (χ4v) is 1.50. The molecule has 0 unspecified atom stereocenters. The van der Waals surface area contributed by atoms with Gasteiger partial charge in [0.05, 0.1) is 6.54 Å². The molecule has 0 aliphatic heterocycles. The van der Waals surface area contributed by atoms with Crippen molar-refractivity contribution >= 4 is 11.6 Å². The molecule has 0 saturated heterocycles. The van der Waals surface area contributed by atoms with Crippen molar-refractivity contribution in [1.29, 1.82) is 0 Å². The number of benzene rings is 1. The van der Waals surface area contributed by atoms with Gasteiger partial charge in [-0.3, -0.25) is 4.90 Å². The van der Waals surface area contributed by atoms with Gasteiger partial charge in [-0.05, 0) is 37.9 Å². The van der Waals surface area contributed by atoms with Gasteiger partial charge in [0.2, 0.25) is 11.7 Å². The molecule has 2 aromatic rings. The second-order valence-electron chi connectivity index (χ2n) is 3.85. The fraction of sp³-hybridized carbons (Fsp3) is 0.333. The maximum atomic E-state index is 5.82. The number of aromatic nitrogens is 2. The summed E-state index contributed by atoms with van der Waals surface area (Å²) in [5.74, 6) is 1.22. The Labute approximate surface area is 105 Å². The molecule has 0 fully saturated rings. The van der Waals surface area contributed by atoms with Crippen LogP contribution in [-0.2, 0) is 6.54 Å². The Morgan fingerprint density at radius 2 is 2.00 bits per heavy atom. The number of hydrogen-bond acceptors (Lipinski definition) is 4. The van der Waals surface area contributed by atoms with Gasteiger partial charge >= 0.3 is 0 Å². The first kappa shape index (κ1) is 12.1. The van der Waals surface area contributed by atoms with Crippen LogP contribution in [0.3, 0.4) is 0 Å². The summed E-state index contributed by atoms with van der Waals surface area (Å²) in [4.78, 5) is 6.43. The molecule has 0 amide bonds. The summed E-state index contributed by atoms with van der Waals surface area (Å²) in [5, 5.41) is 4.64. The summed E-state index contributed by atoms with van der Waals surface area (Å²) in [7, 11) is 2.01. The Morgan fingerprint density at radius 1 is 1.29 bits per heavy atom. The van der Waals surface area contributed by atoms with Crippen LogP contribution in [-0.4, -0.2) is 28.6 Å². The molecule has 0 N–H and O–H groups in total. The smallest absolute Gasteiger partial charge is 0.241 e. The monoisotopic (exact) mass is 251 g/mol. The fourth-order valence-electron chi connectivity index (χ4n) is 1.38. The van der Waals surface area contributed by atoms with Crippen molar-refractivity contribution in [2.24, 2.45) is 0 Å². The van der Waals surface area contributed by atoms with Gasteiger partial charge in [0.25, 0.3) is 0 Å². The van der Waals surface area contributed by atoms with Crippen LogP contribution >= 0.6 is 11.6 Å². The average molecular weight is 252 g/mol. The first-order valence-corrected chi connectivity index (χ1v) is 5.84. The summed E-state index contributed by atoms with van der Waals surface area (Å²) in [6.45, 7) is 3.69. The highest BCUT2D eigenvalue weighted by molar-refractivity contribution is 6.30. The average Bonchev–Trinajstić information content (AvgIpc) is 2.78. The third-order valence-electron chi connectivity index (χ3n) is 2.52. The summed E-state index contributed by atoms with van der Waals surface area (Å²) in [6.07, 6.45) is 0. The van der Waals surface area contributed by atoms with Crippen LogP contribution in [0.15, 0.2) is 28.8 Å². The standard InChI is InChI=1S/C12H14ClN3O/c1-3-16(2)8-11-14-12(15-17-11)9-4-6-10(13)7-5-9/h4-7H,3,8H2,1-2H3. The first-order valence-electron chi connectivity index (χ1n) is 5.46. The highest BCUT2D eigenvalue weighted by Crippen LogP contribution is 2.18. The first-order chi connectivity index (χ1) is 8.19. The third-order valence-corrected chi connectivity index (χ3v) is 2.77. The predicted octanol–water partition coefficient (Wildman–Crippen LogP) is 2.84. The van der Waals surface area contributed by atoms with Crippen molar-refractivity contribution in [3.05, 3.63) is 35.2 Å². The van der Waals surface area contributed by atoms with E-state index in [4.69, 9.17) is 16.1 Å². The molecule has 0 radical (unpaired) electrons. The van der Waals surface area contributed by atoms with Gasteiger partial charge in [0, 0.05) is 10.6 Å². The molecule has 1 heterocycles. The van der Waals surface area contributed by atoms with E-state index in [2.05, 4.69) is 22.0 Å². The Balaban J connectivity index is 2.15. The molecule has 2 rings (SSSR count). The number of halogens is 1. The molecule has 0 atom stereocenters. The Morgan fingerprint density at radius 3 is 2.65 bits per heavy atom. The van der Waals surface area contributed by atoms with Crippen molar-refractivity contribution in [2.45, 2.75) is 13.5 Å². The summed E-state index contributed by atoms with van der Waals surface area (Å²) in [6, 6.07) is 7.37. The molecule has 0 saturated carbocycles. The van der Waals surface area contributed by atoms with Crippen molar-refractivity contribution < 1.29 is 4.52 Å². The number of nitrogens with zero attached hydrogens (tertiary/aromatic N) is 3. The van der Waals surface area contributed by atoms with Gasteiger partial charge in [-0.2, -0.15) is 4.98 Å². The second kappa shape index (κ2) is 5.29. The minimum Gasteiger partial charge on any atom is -0.338 e. The summed E-state index contributed by atoms with van der Waals surface area (Å²) < 4.78 is 5.19. The van der Waals surface area contributed by atoms with Crippen LogP contribution < -0.4 is 0 Å². The second-order valence-corrected chi connectivity index (χ2v) is 4.29. The molecule has 1 aromatic heterocycles. The van der Waals surface area contributed by atoms with E-state index in [0.29, 0.717) is 23.3 Å². The van der Waals surface area contributed by atoms with E-state index >= 15 is 0 Å². The van der Waals surface area contributed by atoms with Crippen LogP contribution in [0, 0.1) is 0 Å². The third kappa shape index (κ3) is 3.05. The molecule has 5 heteroatoms. The molecule has 4 nitrogen and oxygen atoms in total. The van der Waals surface area contributed by atoms with Gasteiger partial charge < -0.3 is 4.52 Å². The number of rotatable bonds is 4. The van der Waals surface area contributed by atoms with Gasteiger partial charge in [0.15, 0.2) is 0 Å². The van der Waals surface area contributed by atoms with Gasteiger partial charge in [-0.15, -0.1) is 0 Å². The molecule has 0 spiro atoms. The zero-order chi connectivity index (χ0) is 12.3. The van der Waals surface area contributed by atoms with Gasteiger partial charge in [-0.1, -0.05) is 23.7 Å². The molecule has 90 valence electrons. The van der Waals surface area contributed by atoms with Crippen LogP contribution in [0.1, 0.15) is 12.8 Å². The van der Waals surface area contributed by atoms with E-state index in [1.54, 1.807) is 0 Å². The predicted molar refractivity (Wildman–Crippen MR) is 66.8 cm³/mol. The molecule has 0 aliphatic carbocycles. The van der Waals surface area contributed by atoms with Crippen molar-refractivity contribution in [2.75, 3.05) is 13.6 Å². The van der Waals surface area contributed by atoms with E-state index in [0.717, 1.165) is 12.1 Å².